The van der Waals surface area contributed by atoms with E-state index in [1.165, 1.54) is 6.07 Å². The van der Waals surface area contributed by atoms with Crippen LogP contribution in [0.15, 0.2) is 18.2 Å². The summed E-state index contributed by atoms with van der Waals surface area (Å²) in [5.74, 6) is 0. The predicted molar refractivity (Wildman–Crippen MR) is 52.0 cm³/mol. The van der Waals surface area contributed by atoms with Crippen molar-refractivity contribution < 1.29 is 4.92 Å². The van der Waals surface area contributed by atoms with Gasteiger partial charge in [-0.05, 0) is 18.1 Å². The van der Waals surface area contributed by atoms with Crippen LogP contribution < -0.4 is 5.32 Å². The molecule has 4 nitrogen and oxygen atoms in total. The maximum atomic E-state index is 10.5. The monoisotopic (exact) mass is 180 g/mol. The van der Waals surface area contributed by atoms with Gasteiger partial charge in [-0.2, -0.15) is 0 Å². The van der Waals surface area contributed by atoms with Crippen molar-refractivity contribution in [1.29, 1.82) is 0 Å². The van der Waals surface area contributed by atoms with Crippen molar-refractivity contribution in [2.45, 2.75) is 13.3 Å². The van der Waals surface area contributed by atoms with Crippen molar-refractivity contribution in [2.75, 3.05) is 12.4 Å². The highest BCUT2D eigenvalue weighted by Gasteiger charge is 2.07. The third-order valence-corrected chi connectivity index (χ3v) is 1.89. The Kier molecular flexibility index (Phi) is 2.84. The first kappa shape index (κ1) is 9.51. The first-order chi connectivity index (χ1) is 6.17. The van der Waals surface area contributed by atoms with Crippen molar-refractivity contribution in [1.82, 2.24) is 0 Å². The van der Waals surface area contributed by atoms with Gasteiger partial charge in [-0.3, -0.25) is 10.1 Å². The minimum atomic E-state index is -0.375. The van der Waals surface area contributed by atoms with Gasteiger partial charge in [0.15, 0.2) is 0 Å². The molecule has 0 radical (unpaired) electrons. The van der Waals surface area contributed by atoms with E-state index in [2.05, 4.69) is 5.32 Å². The van der Waals surface area contributed by atoms with Crippen molar-refractivity contribution >= 4 is 11.4 Å². The number of hydrogen-bond donors (Lipinski definition) is 1. The zero-order chi connectivity index (χ0) is 9.84. The van der Waals surface area contributed by atoms with Gasteiger partial charge in [-0.25, -0.2) is 0 Å². The highest BCUT2D eigenvalue weighted by molar-refractivity contribution is 5.53. The van der Waals surface area contributed by atoms with Gasteiger partial charge in [0, 0.05) is 24.9 Å². The lowest BCUT2D eigenvalue weighted by atomic mass is 10.1. The van der Waals surface area contributed by atoms with Crippen molar-refractivity contribution in [3.63, 3.8) is 0 Å². The first-order valence-electron chi connectivity index (χ1n) is 4.13. The maximum absolute atomic E-state index is 10.5. The smallest absolute Gasteiger partial charge is 0.271 e. The van der Waals surface area contributed by atoms with E-state index in [1.54, 1.807) is 13.1 Å². The molecule has 1 aromatic rings. The van der Waals surface area contributed by atoms with E-state index in [9.17, 15) is 10.1 Å². The van der Waals surface area contributed by atoms with Crippen LogP contribution in [0.2, 0.25) is 0 Å². The van der Waals surface area contributed by atoms with Crippen molar-refractivity contribution in [2.24, 2.45) is 0 Å². The molecular weight excluding hydrogens is 168 g/mol. The van der Waals surface area contributed by atoms with Crippen LogP contribution in [0, 0.1) is 10.1 Å². The SMILES string of the molecule is CCc1cc(NC)cc([N+](=O)[O-])c1. The van der Waals surface area contributed by atoms with E-state index >= 15 is 0 Å². The second kappa shape index (κ2) is 3.89. The Morgan fingerprint density at radius 3 is 2.62 bits per heavy atom. The fourth-order valence-electron chi connectivity index (χ4n) is 1.13. The van der Waals surface area contributed by atoms with Gasteiger partial charge in [0.25, 0.3) is 5.69 Å². The third-order valence-electron chi connectivity index (χ3n) is 1.89. The van der Waals surface area contributed by atoms with Crippen LogP contribution in [0.25, 0.3) is 0 Å². The van der Waals surface area contributed by atoms with E-state index in [0.717, 1.165) is 17.7 Å². The number of hydrogen-bond acceptors (Lipinski definition) is 3. The molecule has 13 heavy (non-hydrogen) atoms. The number of nitro groups is 1. The number of nitro benzene ring substituents is 1. The van der Waals surface area contributed by atoms with E-state index in [4.69, 9.17) is 0 Å². The lowest BCUT2D eigenvalue weighted by molar-refractivity contribution is -0.384. The van der Waals surface area contributed by atoms with Crippen LogP contribution in [-0.4, -0.2) is 12.0 Å². The van der Waals surface area contributed by atoms with Crippen LogP contribution in [0.1, 0.15) is 12.5 Å². The summed E-state index contributed by atoms with van der Waals surface area (Å²) in [6.07, 6.45) is 0.802. The molecule has 1 N–H and O–H groups in total. The molecule has 0 unspecified atom stereocenters. The summed E-state index contributed by atoms with van der Waals surface area (Å²) in [5, 5.41) is 13.4. The number of aryl methyl sites for hydroxylation is 1. The minimum Gasteiger partial charge on any atom is -0.388 e. The Bertz CT molecular complexity index is 301. The fraction of sp³-hybridized carbons (Fsp3) is 0.333. The molecule has 0 spiro atoms. The van der Waals surface area contributed by atoms with E-state index in [-0.39, 0.29) is 10.6 Å². The summed E-state index contributed by atoms with van der Waals surface area (Å²) < 4.78 is 0. The van der Waals surface area contributed by atoms with Crippen LogP contribution in [0.5, 0.6) is 0 Å². The normalized spacial score (nSPS) is 9.69. The molecule has 0 aliphatic heterocycles. The molecule has 1 rings (SSSR count). The maximum Gasteiger partial charge on any atom is 0.271 e. The van der Waals surface area contributed by atoms with Crippen LogP contribution in [0.4, 0.5) is 11.4 Å². The predicted octanol–water partition coefficient (Wildman–Crippen LogP) is 2.20. The molecule has 0 bridgehead atoms. The molecule has 0 aliphatic carbocycles. The summed E-state index contributed by atoms with van der Waals surface area (Å²) >= 11 is 0. The summed E-state index contributed by atoms with van der Waals surface area (Å²) in [6.45, 7) is 1.97. The number of non-ortho nitro benzene ring substituents is 1. The average molecular weight is 180 g/mol. The molecule has 0 saturated heterocycles. The second-order valence-corrected chi connectivity index (χ2v) is 2.75. The minimum absolute atomic E-state index is 0.142. The van der Waals surface area contributed by atoms with Crippen LogP contribution in [0.3, 0.4) is 0 Å². The topological polar surface area (TPSA) is 55.2 Å². The lowest BCUT2D eigenvalue weighted by Crippen LogP contribution is -1.94. The molecule has 0 saturated carbocycles. The Balaban J connectivity index is 3.14. The molecule has 0 atom stereocenters. The Morgan fingerprint density at radius 1 is 1.46 bits per heavy atom. The second-order valence-electron chi connectivity index (χ2n) is 2.75. The number of nitrogens with zero attached hydrogens (tertiary/aromatic N) is 1. The number of benzene rings is 1. The lowest BCUT2D eigenvalue weighted by Gasteiger charge is -2.02. The first-order valence-corrected chi connectivity index (χ1v) is 4.13. The van der Waals surface area contributed by atoms with Gasteiger partial charge in [0.2, 0.25) is 0 Å². The zero-order valence-electron chi connectivity index (χ0n) is 7.70. The van der Waals surface area contributed by atoms with Crippen LogP contribution >= 0.6 is 0 Å². The third kappa shape index (κ3) is 2.18. The summed E-state index contributed by atoms with van der Waals surface area (Å²) in [4.78, 5) is 10.1. The standard InChI is InChI=1S/C9H12N2O2/c1-3-7-4-8(10-2)6-9(5-7)11(12)13/h4-6,10H,3H2,1-2H3. The molecule has 0 aliphatic rings. The van der Waals surface area contributed by atoms with Gasteiger partial charge in [-0.1, -0.05) is 6.92 Å². The van der Waals surface area contributed by atoms with E-state index < -0.39 is 0 Å². The Labute approximate surface area is 76.7 Å². The van der Waals surface area contributed by atoms with Gasteiger partial charge >= 0.3 is 0 Å². The van der Waals surface area contributed by atoms with Gasteiger partial charge in [0.05, 0.1) is 4.92 Å². The molecule has 1 aromatic carbocycles. The fourth-order valence-corrected chi connectivity index (χ4v) is 1.13. The van der Waals surface area contributed by atoms with Crippen molar-refractivity contribution in [3.05, 3.63) is 33.9 Å². The summed E-state index contributed by atoms with van der Waals surface area (Å²) in [6, 6.07) is 5.03. The molecular formula is C9H12N2O2. The molecule has 70 valence electrons. The highest BCUT2D eigenvalue weighted by Crippen LogP contribution is 2.20. The molecule has 4 heteroatoms. The number of rotatable bonds is 3. The van der Waals surface area contributed by atoms with Gasteiger partial charge in [0.1, 0.15) is 0 Å². The van der Waals surface area contributed by atoms with Crippen molar-refractivity contribution in [3.8, 4) is 0 Å². The Morgan fingerprint density at radius 2 is 2.15 bits per heavy atom. The summed E-state index contributed by atoms with van der Waals surface area (Å²) in [7, 11) is 1.75. The molecule has 0 heterocycles. The molecule has 0 aromatic heterocycles. The van der Waals surface area contributed by atoms with E-state index in [0.29, 0.717) is 0 Å². The quantitative estimate of drug-likeness (QED) is 0.573. The van der Waals surface area contributed by atoms with Crippen LogP contribution in [-0.2, 0) is 6.42 Å². The number of nitrogens with one attached hydrogen (secondary N) is 1. The largest absolute Gasteiger partial charge is 0.388 e. The highest BCUT2D eigenvalue weighted by atomic mass is 16.6. The molecule has 0 amide bonds. The molecule has 0 fully saturated rings. The van der Waals surface area contributed by atoms with E-state index in [1.807, 2.05) is 13.0 Å². The average Bonchev–Trinajstić information content (AvgIpc) is 2.16. The zero-order valence-corrected chi connectivity index (χ0v) is 7.70. The van der Waals surface area contributed by atoms with Gasteiger partial charge < -0.3 is 5.32 Å². The Hall–Kier alpha value is -1.58. The van der Waals surface area contributed by atoms with Gasteiger partial charge in [-0.15, -0.1) is 0 Å². The summed E-state index contributed by atoms with van der Waals surface area (Å²) in [5.41, 5.74) is 1.90. The number of anilines is 1.